The zero-order valence-electron chi connectivity index (χ0n) is 8.96. The molecule has 14 heavy (non-hydrogen) atoms. The van der Waals surface area contributed by atoms with E-state index in [2.05, 4.69) is 11.9 Å². The summed E-state index contributed by atoms with van der Waals surface area (Å²) in [4.78, 5) is 4.07. The molecular formula is C11H19N3. The fourth-order valence-corrected chi connectivity index (χ4v) is 1.56. The lowest BCUT2D eigenvalue weighted by Gasteiger charge is -2.13. The maximum atomic E-state index is 6.05. The molecule has 0 radical (unpaired) electrons. The van der Waals surface area contributed by atoms with Crippen molar-refractivity contribution in [2.24, 2.45) is 5.73 Å². The van der Waals surface area contributed by atoms with E-state index in [0.717, 1.165) is 24.0 Å². The van der Waals surface area contributed by atoms with Gasteiger partial charge in [-0.3, -0.25) is 0 Å². The first-order valence-electron chi connectivity index (χ1n) is 5.12. The molecule has 1 atom stereocenters. The van der Waals surface area contributed by atoms with Crippen LogP contribution in [0.1, 0.15) is 43.4 Å². The molecule has 1 aromatic rings. The van der Waals surface area contributed by atoms with E-state index >= 15 is 0 Å². The number of nitrogens with zero attached hydrogens (tertiary/aromatic N) is 1. The van der Waals surface area contributed by atoms with Crippen molar-refractivity contribution in [2.45, 2.75) is 39.2 Å². The third-order valence-electron chi connectivity index (χ3n) is 2.44. The Labute approximate surface area is 85.5 Å². The van der Waals surface area contributed by atoms with E-state index in [1.807, 2.05) is 13.0 Å². The molecule has 0 aliphatic carbocycles. The quantitative estimate of drug-likeness (QED) is 0.770. The minimum atomic E-state index is 0.100. The van der Waals surface area contributed by atoms with Crippen LogP contribution in [-0.4, -0.2) is 4.98 Å². The van der Waals surface area contributed by atoms with Gasteiger partial charge in [0.2, 0.25) is 0 Å². The van der Waals surface area contributed by atoms with Crippen LogP contribution in [0.2, 0.25) is 0 Å². The lowest BCUT2D eigenvalue weighted by atomic mass is 10.00. The first kappa shape index (κ1) is 11.0. The van der Waals surface area contributed by atoms with E-state index in [-0.39, 0.29) is 6.04 Å². The molecule has 1 aromatic heterocycles. The van der Waals surface area contributed by atoms with Crippen LogP contribution in [0.4, 0.5) is 5.82 Å². The molecule has 1 unspecified atom stereocenters. The van der Waals surface area contributed by atoms with Crippen LogP contribution in [0, 0.1) is 6.92 Å². The van der Waals surface area contributed by atoms with Crippen LogP contribution >= 0.6 is 0 Å². The number of anilines is 1. The van der Waals surface area contributed by atoms with Gasteiger partial charge in [0.1, 0.15) is 5.82 Å². The number of nitrogens with two attached hydrogens (primary N) is 2. The summed E-state index contributed by atoms with van der Waals surface area (Å²) in [6.07, 6.45) is 5.15. The van der Waals surface area contributed by atoms with Crippen molar-refractivity contribution < 1.29 is 0 Å². The van der Waals surface area contributed by atoms with Gasteiger partial charge in [0.15, 0.2) is 0 Å². The Morgan fingerprint density at radius 1 is 1.50 bits per heavy atom. The molecule has 1 heterocycles. The van der Waals surface area contributed by atoms with Crippen molar-refractivity contribution in [1.82, 2.24) is 4.98 Å². The lowest BCUT2D eigenvalue weighted by Crippen LogP contribution is -2.12. The molecule has 0 saturated heterocycles. The van der Waals surface area contributed by atoms with Crippen LogP contribution in [-0.2, 0) is 0 Å². The molecule has 0 spiro atoms. The fraction of sp³-hybridized carbons (Fsp3) is 0.545. The number of unbranched alkanes of at least 4 members (excludes halogenated alkanes) is 1. The van der Waals surface area contributed by atoms with E-state index in [1.54, 1.807) is 6.20 Å². The zero-order chi connectivity index (χ0) is 10.6. The zero-order valence-corrected chi connectivity index (χ0v) is 8.96. The maximum Gasteiger partial charge on any atom is 0.123 e. The number of aromatic nitrogens is 1. The summed E-state index contributed by atoms with van der Waals surface area (Å²) >= 11 is 0. The van der Waals surface area contributed by atoms with Gasteiger partial charge < -0.3 is 11.5 Å². The van der Waals surface area contributed by atoms with Crippen molar-refractivity contribution in [3.63, 3.8) is 0 Å². The highest BCUT2D eigenvalue weighted by Crippen LogP contribution is 2.20. The number of aryl methyl sites for hydroxylation is 1. The summed E-state index contributed by atoms with van der Waals surface area (Å²) < 4.78 is 0. The Morgan fingerprint density at radius 3 is 2.79 bits per heavy atom. The van der Waals surface area contributed by atoms with Crippen LogP contribution in [0.5, 0.6) is 0 Å². The van der Waals surface area contributed by atoms with Crippen LogP contribution in [0.25, 0.3) is 0 Å². The number of rotatable bonds is 4. The number of nitrogen functional groups attached to an aromatic ring is 1. The second kappa shape index (κ2) is 4.96. The largest absolute Gasteiger partial charge is 0.384 e. The average molecular weight is 193 g/mol. The Bertz CT molecular complexity index is 297. The van der Waals surface area contributed by atoms with Crippen LogP contribution < -0.4 is 11.5 Å². The predicted molar refractivity (Wildman–Crippen MR) is 59.8 cm³/mol. The Morgan fingerprint density at radius 2 is 2.21 bits per heavy atom. The highest BCUT2D eigenvalue weighted by Gasteiger charge is 2.08. The second-order valence-electron chi connectivity index (χ2n) is 3.71. The molecule has 0 aromatic carbocycles. The van der Waals surface area contributed by atoms with Gasteiger partial charge in [-0.15, -0.1) is 0 Å². The topological polar surface area (TPSA) is 64.9 Å². The van der Waals surface area contributed by atoms with Gasteiger partial charge in [0.25, 0.3) is 0 Å². The number of hydrogen-bond acceptors (Lipinski definition) is 3. The van der Waals surface area contributed by atoms with Crippen molar-refractivity contribution in [1.29, 1.82) is 0 Å². The molecule has 0 fully saturated rings. The molecule has 0 bridgehead atoms. The summed E-state index contributed by atoms with van der Waals surface area (Å²) in [5.41, 5.74) is 13.9. The summed E-state index contributed by atoms with van der Waals surface area (Å²) in [5.74, 6) is 0.564. The minimum absolute atomic E-state index is 0.100. The van der Waals surface area contributed by atoms with E-state index in [4.69, 9.17) is 11.5 Å². The van der Waals surface area contributed by atoms with Gasteiger partial charge in [0, 0.05) is 12.2 Å². The molecular weight excluding hydrogens is 174 g/mol. The molecule has 4 N–H and O–H groups in total. The molecule has 0 saturated carbocycles. The standard InChI is InChI=1S/C11H19N3/c1-3-4-5-10(12)9-7-14-11(13)6-8(9)2/h6-7,10H,3-5,12H2,1-2H3,(H2,13,14). The first-order valence-corrected chi connectivity index (χ1v) is 5.12. The third-order valence-corrected chi connectivity index (χ3v) is 2.44. The van der Waals surface area contributed by atoms with Gasteiger partial charge in [-0.25, -0.2) is 4.98 Å². The van der Waals surface area contributed by atoms with Crippen LogP contribution in [0.15, 0.2) is 12.3 Å². The normalized spacial score (nSPS) is 12.8. The molecule has 0 aliphatic rings. The highest BCUT2D eigenvalue weighted by atomic mass is 14.8. The monoisotopic (exact) mass is 193 g/mol. The van der Waals surface area contributed by atoms with Crippen molar-refractivity contribution in [3.8, 4) is 0 Å². The summed E-state index contributed by atoms with van der Waals surface area (Å²) in [7, 11) is 0. The number of pyridine rings is 1. The van der Waals surface area contributed by atoms with Gasteiger partial charge in [-0.1, -0.05) is 19.8 Å². The minimum Gasteiger partial charge on any atom is -0.384 e. The van der Waals surface area contributed by atoms with E-state index in [9.17, 15) is 0 Å². The smallest absolute Gasteiger partial charge is 0.123 e. The third kappa shape index (κ3) is 2.70. The SMILES string of the molecule is CCCCC(N)c1cnc(N)cc1C. The molecule has 1 rings (SSSR count). The molecule has 0 amide bonds. The van der Waals surface area contributed by atoms with Gasteiger partial charge >= 0.3 is 0 Å². The summed E-state index contributed by atoms with van der Waals surface area (Å²) in [6, 6.07) is 1.98. The van der Waals surface area contributed by atoms with Crippen molar-refractivity contribution >= 4 is 5.82 Å². The fourth-order valence-electron chi connectivity index (χ4n) is 1.56. The van der Waals surface area contributed by atoms with Gasteiger partial charge in [-0.05, 0) is 30.5 Å². The second-order valence-corrected chi connectivity index (χ2v) is 3.71. The van der Waals surface area contributed by atoms with Crippen molar-refractivity contribution in [3.05, 3.63) is 23.4 Å². The first-order chi connectivity index (χ1) is 6.65. The molecule has 0 aliphatic heterocycles. The van der Waals surface area contributed by atoms with Crippen LogP contribution in [0.3, 0.4) is 0 Å². The van der Waals surface area contributed by atoms with Gasteiger partial charge in [-0.2, -0.15) is 0 Å². The van der Waals surface area contributed by atoms with E-state index < -0.39 is 0 Å². The Hall–Kier alpha value is -1.09. The highest BCUT2D eigenvalue weighted by molar-refractivity contribution is 5.37. The Kier molecular flexibility index (Phi) is 3.89. The van der Waals surface area contributed by atoms with E-state index in [0.29, 0.717) is 5.82 Å². The summed E-state index contributed by atoms with van der Waals surface area (Å²) in [5, 5.41) is 0. The maximum absolute atomic E-state index is 6.05. The summed E-state index contributed by atoms with van der Waals surface area (Å²) in [6.45, 7) is 4.19. The van der Waals surface area contributed by atoms with Crippen molar-refractivity contribution in [2.75, 3.05) is 5.73 Å². The molecule has 3 nitrogen and oxygen atoms in total. The average Bonchev–Trinajstić information content (AvgIpc) is 2.14. The number of hydrogen-bond donors (Lipinski definition) is 2. The lowest BCUT2D eigenvalue weighted by molar-refractivity contribution is 0.599. The molecule has 3 heteroatoms. The Balaban J connectivity index is 2.74. The van der Waals surface area contributed by atoms with Gasteiger partial charge in [0.05, 0.1) is 0 Å². The van der Waals surface area contributed by atoms with E-state index in [1.165, 1.54) is 6.42 Å². The predicted octanol–water partition coefficient (Wildman–Crippen LogP) is 2.16. The molecule has 78 valence electrons.